The maximum Gasteiger partial charge on any atom is 0.213 e. The molecule has 0 saturated carbocycles. The molecule has 1 aliphatic rings. The first-order valence-electron chi connectivity index (χ1n) is 9.08. The van der Waals surface area contributed by atoms with Gasteiger partial charge in [-0.3, -0.25) is 4.99 Å². The van der Waals surface area contributed by atoms with Crippen LogP contribution in [0, 0.1) is 0 Å². The topological polar surface area (TPSA) is 71.0 Å². The van der Waals surface area contributed by atoms with Crippen molar-refractivity contribution in [3.63, 3.8) is 0 Å². The summed E-state index contributed by atoms with van der Waals surface area (Å²) in [6, 6.07) is 14.2. The molecule has 1 saturated heterocycles. The Morgan fingerprint density at radius 3 is 2.81 bits per heavy atom. The minimum Gasteiger partial charge on any atom is -0.495 e. The third kappa shape index (κ3) is 4.81. The van der Waals surface area contributed by atoms with Crippen molar-refractivity contribution in [2.45, 2.75) is 19.0 Å². The molecule has 0 aliphatic carbocycles. The molecule has 1 aromatic heterocycles. The number of benzene rings is 1. The van der Waals surface area contributed by atoms with Gasteiger partial charge in [-0.1, -0.05) is 18.2 Å². The standard InChI is InChI=1S/C20H27N5O2/c1-21-20(22-13-15-7-6-10-19(23-15)27-3)24-16-11-12-25(14-16)17-8-4-5-9-18(17)26-2/h4-10,16H,11-14H2,1-3H3,(H2,21,22,24). The van der Waals surface area contributed by atoms with E-state index in [2.05, 4.69) is 31.6 Å². The lowest BCUT2D eigenvalue weighted by Crippen LogP contribution is -2.44. The van der Waals surface area contributed by atoms with Crippen LogP contribution in [0.1, 0.15) is 12.1 Å². The molecule has 7 heteroatoms. The zero-order chi connectivity index (χ0) is 19.1. The van der Waals surface area contributed by atoms with E-state index in [0.29, 0.717) is 18.5 Å². The van der Waals surface area contributed by atoms with Gasteiger partial charge in [0.25, 0.3) is 0 Å². The summed E-state index contributed by atoms with van der Waals surface area (Å²) >= 11 is 0. The maximum atomic E-state index is 5.49. The molecule has 27 heavy (non-hydrogen) atoms. The fourth-order valence-corrected chi connectivity index (χ4v) is 3.22. The molecule has 0 amide bonds. The van der Waals surface area contributed by atoms with Gasteiger partial charge in [0.05, 0.1) is 32.1 Å². The first-order chi connectivity index (χ1) is 13.2. The van der Waals surface area contributed by atoms with Crippen LogP contribution in [0.3, 0.4) is 0 Å². The first-order valence-corrected chi connectivity index (χ1v) is 9.08. The summed E-state index contributed by atoms with van der Waals surface area (Å²) in [6.45, 7) is 2.46. The van der Waals surface area contributed by atoms with Crippen LogP contribution in [0.25, 0.3) is 0 Å². The van der Waals surface area contributed by atoms with Gasteiger partial charge in [0.1, 0.15) is 5.75 Å². The fraction of sp³-hybridized carbons (Fsp3) is 0.400. The molecule has 1 aromatic carbocycles. The van der Waals surface area contributed by atoms with Crippen LogP contribution < -0.4 is 25.0 Å². The molecule has 0 radical (unpaired) electrons. The fourth-order valence-electron chi connectivity index (χ4n) is 3.22. The number of rotatable bonds is 6. The summed E-state index contributed by atoms with van der Waals surface area (Å²) in [4.78, 5) is 11.1. The van der Waals surface area contributed by atoms with Gasteiger partial charge in [-0.2, -0.15) is 0 Å². The summed E-state index contributed by atoms with van der Waals surface area (Å²) in [5, 5.41) is 6.82. The highest BCUT2D eigenvalue weighted by atomic mass is 16.5. The van der Waals surface area contributed by atoms with Crippen molar-refractivity contribution in [2.24, 2.45) is 4.99 Å². The van der Waals surface area contributed by atoms with Gasteiger partial charge >= 0.3 is 0 Å². The monoisotopic (exact) mass is 369 g/mol. The zero-order valence-corrected chi connectivity index (χ0v) is 16.1. The van der Waals surface area contributed by atoms with Crippen LogP contribution in [-0.4, -0.2) is 51.3 Å². The Kier molecular flexibility index (Phi) is 6.35. The van der Waals surface area contributed by atoms with Gasteiger partial charge in [0.2, 0.25) is 5.88 Å². The molecule has 3 rings (SSSR count). The second-order valence-corrected chi connectivity index (χ2v) is 6.34. The van der Waals surface area contributed by atoms with E-state index in [1.807, 2.05) is 36.4 Å². The van der Waals surface area contributed by atoms with Crippen LogP contribution in [-0.2, 0) is 6.54 Å². The predicted octanol–water partition coefficient (Wildman–Crippen LogP) is 2.04. The molecule has 2 N–H and O–H groups in total. The summed E-state index contributed by atoms with van der Waals surface area (Å²) in [6.07, 6.45) is 1.04. The number of nitrogens with zero attached hydrogens (tertiary/aromatic N) is 3. The van der Waals surface area contributed by atoms with E-state index in [9.17, 15) is 0 Å². The van der Waals surface area contributed by atoms with E-state index in [-0.39, 0.29) is 0 Å². The number of aliphatic imine (C=N–C) groups is 1. The number of hydrogen-bond acceptors (Lipinski definition) is 5. The summed E-state index contributed by atoms with van der Waals surface area (Å²) in [7, 11) is 5.11. The summed E-state index contributed by atoms with van der Waals surface area (Å²) in [5.41, 5.74) is 2.03. The normalized spacial score (nSPS) is 16.9. The van der Waals surface area contributed by atoms with Gasteiger partial charge in [0.15, 0.2) is 5.96 Å². The van der Waals surface area contributed by atoms with Gasteiger partial charge in [0, 0.05) is 32.2 Å². The van der Waals surface area contributed by atoms with Crippen molar-refractivity contribution in [1.29, 1.82) is 0 Å². The number of anilines is 1. The molecular formula is C20H27N5O2. The van der Waals surface area contributed by atoms with Crippen LogP contribution in [0.15, 0.2) is 47.5 Å². The molecule has 2 heterocycles. The Labute approximate surface area is 160 Å². The average molecular weight is 369 g/mol. The first kappa shape index (κ1) is 18.8. The van der Waals surface area contributed by atoms with Crippen molar-refractivity contribution in [2.75, 3.05) is 39.3 Å². The van der Waals surface area contributed by atoms with E-state index in [4.69, 9.17) is 9.47 Å². The second kappa shape index (κ2) is 9.12. The minimum atomic E-state index is 0.319. The zero-order valence-electron chi connectivity index (χ0n) is 16.1. The maximum absolute atomic E-state index is 5.49. The Morgan fingerprint density at radius 2 is 2.04 bits per heavy atom. The van der Waals surface area contributed by atoms with Crippen LogP contribution in [0.2, 0.25) is 0 Å². The Hall–Kier alpha value is -2.96. The molecule has 1 fully saturated rings. The van der Waals surface area contributed by atoms with Crippen molar-refractivity contribution in [3.8, 4) is 11.6 Å². The highest BCUT2D eigenvalue weighted by Gasteiger charge is 2.25. The molecule has 1 aliphatic heterocycles. The van der Waals surface area contributed by atoms with Crippen molar-refractivity contribution in [1.82, 2.24) is 15.6 Å². The van der Waals surface area contributed by atoms with E-state index in [1.54, 1.807) is 21.3 Å². The predicted molar refractivity (Wildman–Crippen MR) is 108 cm³/mol. The average Bonchev–Trinajstić information content (AvgIpc) is 3.19. The lowest BCUT2D eigenvalue weighted by atomic mass is 10.2. The number of nitrogens with one attached hydrogen (secondary N) is 2. The third-order valence-corrected chi connectivity index (χ3v) is 4.61. The van der Waals surface area contributed by atoms with Crippen LogP contribution in [0.5, 0.6) is 11.6 Å². The van der Waals surface area contributed by atoms with Crippen molar-refractivity contribution in [3.05, 3.63) is 48.2 Å². The summed E-state index contributed by atoms with van der Waals surface area (Å²) in [5.74, 6) is 2.29. The molecule has 1 atom stereocenters. The van der Waals surface area contributed by atoms with Gasteiger partial charge < -0.3 is 25.0 Å². The Morgan fingerprint density at radius 1 is 1.19 bits per heavy atom. The Balaban J connectivity index is 1.54. The van der Waals surface area contributed by atoms with Crippen molar-refractivity contribution >= 4 is 11.6 Å². The number of methoxy groups -OCH3 is 2. The molecule has 0 spiro atoms. The third-order valence-electron chi connectivity index (χ3n) is 4.61. The lowest BCUT2D eigenvalue weighted by molar-refractivity contribution is 0.396. The van der Waals surface area contributed by atoms with E-state index in [0.717, 1.165) is 42.6 Å². The highest BCUT2D eigenvalue weighted by molar-refractivity contribution is 5.80. The molecule has 7 nitrogen and oxygen atoms in total. The van der Waals surface area contributed by atoms with Gasteiger partial charge in [-0.25, -0.2) is 4.98 Å². The number of pyridine rings is 1. The van der Waals surface area contributed by atoms with E-state index in [1.165, 1.54) is 0 Å². The molecule has 1 unspecified atom stereocenters. The quantitative estimate of drug-likeness (QED) is 0.600. The van der Waals surface area contributed by atoms with Crippen molar-refractivity contribution < 1.29 is 9.47 Å². The van der Waals surface area contributed by atoms with E-state index >= 15 is 0 Å². The van der Waals surface area contributed by atoms with Crippen LogP contribution >= 0.6 is 0 Å². The number of para-hydroxylation sites is 2. The Bertz CT molecular complexity index is 780. The van der Waals surface area contributed by atoms with Crippen LogP contribution in [0.4, 0.5) is 5.69 Å². The number of guanidine groups is 1. The highest BCUT2D eigenvalue weighted by Crippen LogP contribution is 2.30. The largest absolute Gasteiger partial charge is 0.495 e. The molecule has 144 valence electrons. The molecule has 0 bridgehead atoms. The van der Waals surface area contributed by atoms with Gasteiger partial charge in [-0.15, -0.1) is 0 Å². The molecular weight excluding hydrogens is 342 g/mol. The summed E-state index contributed by atoms with van der Waals surface area (Å²) < 4.78 is 10.7. The smallest absolute Gasteiger partial charge is 0.213 e. The number of hydrogen-bond donors (Lipinski definition) is 2. The molecule has 2 aromatic rings. The lowest BCUT2D eigenvalue weighted by Gasteiger charge is -2.22. The second-order valence-electron chi connectivity index (χ2n) is 6.34. The van der Waals surface area contributed by atoms with Gasteiger partial charge in [-0.05, 0) is 24.6 Å². The number of ether oxygens (including phenoxy) is 2. The van der Waals surface area contributed by atoms with E-state index < -0.39 is 0 Å². The minimum absolute atomic E-state index is 0.319. The SMILES string of the molecule is CN=C(NCc1cccc(OC)n1)NC1CCN(c2ccccc2OC)C1. The number of aromatic nitrogens is 1.